The quantitative estimate of drug-likeness (QED) is 0.724. The van der Waals surface area contributed by atoms with Crippen molar-refractivity contribution in [1.29, 1.82) is 0 Å². The number of anilines is 2. The number of aryl methyl sites for hydroxylation is 1. The molecule has 0 saturated carbocycles. The third-order valence-corrected chi connectivity index (χ3v) is 3.77. The molecule has 2 rings (SSSR count). The Bertz CT molecular complexity index is 745. The summed E-state index contributed by atoms with van der Waals surface area (Å²) >= 11 is 5.90. The van der Waals surface area contributed by atoms with Gasteiger partial charge in [0.25, 0.3) is 0 Å². The summed E-state index contributed by atoms with van der Waals surface area (Å²) in [6.45, 7) is 4.49. The molecule has 0 radical (unpaired) electrons. The average Bonchev–Trinajstić information content (AvgIpc) is 2.58. The lowest BCUT2D eigenvalue weighted by Crippen LogP contribution is -2.16. The van der Waals surface area contributed by atoms with Gasteiger partial charge in [0.1, 0.15) is 0 Å². The Morgan fingerprint density at radius 2 is 1.84 bits per heavy atom. The summed E-state index contributed by atoms with van der Waals surface area (Å²) in [5.74, 6) is -0.423. The predicted molar refractivity (Wildman–Crippen MR) is 100 cm³/mol. The Morgan fingerprint density at radius 1 is 1.12 bits per heavy atom. The van der Waals surface area contributed by atoms with Gasteiger partial charge in [-0.3, -0.25) is 4.79 Å². The van der Waals surface area contributed by atoms with E-state index in [0.29, 0.717) is 30.2 Å². The maximum Gasteiger partial charge on any atom is 0.338 e. The van der Waals surface area contributed by atoms with Gasteiger partial charge in [0.15, 0.2) is 0 Å². The van der Waals surface area contributed by atoms with E-state index in [1.54, 1.807) is 49.4 Å². The fourth-order valence-corrected chi connectivity index (χ4v) is 2.47. The second-order valence-electron chi connectivity index (χ2n) is 5.48. The minimum atomic E-state index is -0.341. The van der Waals surface area contributed by atoms with Gasteiger partial charge in [-0.05, 0) is 61.9 Å². The van der Waals surface area contributed by atoms with Crippen LogP contribution in [0.25, 0.3) is 0 Å². The van der Waals surface area contributed by atoms with E-state index < -0.39 is 0 Å². The molecule has 5 nitrogen and oxygen atoms in total. The topological polar surface area (TPSA) is 67.4 Å². The van der Waals surface area contributed by atoms with Gasteiger partial charge < -0.3 is 15.4 Å². The van der Waals surface area contributed by atoms with E-state index in [9.17, 15) is 9.59 Å². The van der Waals surface area contributed by atoms with Crippen LogP contribution in [0.1, 0.15) is 29.3 Å². The van der Waals surface area contributed by atoms with Crippen molar-refractivity contribution in [2.45, 2.75) is 20.3 Å². The first-order valence-electron chi connectivity index (χ1n) is 8.06. The molecule has 2 aromatic carbocycles. The zero-order valence-corrected chi connectivity index (χ0v) is 15.0. The van der Waals surface area contributed by atoms with Crippen molar-refractivity contribution in [3.63, 3.8) is 0 Å². The molecule has 132 valence electrons. The molecule has 0 spiro atoms. The van der Waals surface area contributed by atoms with E-state index in [1.807, 2.05) is 6.92 Å². The zero-order chi connectivity index (χ0) is 18.2. The third kappa shape index (κ3) is 5.80. The van der Waals surface area contributed by atoms with Crippen LogP contribution in [0.2, 0.25) is 5.02 Å². The number of rotatable bonds is 7. The lowest BCUT2D eigenvalue weighted by atomic mass is 10.2. The fraction of sp³-hybridized carbons (Fsp3) is 0.263. The highest BCUT2D eigenvalue weighted by molar-refractivity contribution is 6.30. The smallest absolute Gasteiger partial charge is 0.338 e. The van der Waals surface area contributed by atoms with Crippen LogP contribution in [0, 0.1) is 6.92 Å². The average molecular weight is 361 g/mol. The molecular formula is C19H21ClN2O3. The van der Waals surface area contributed by atoms with Crippen molar-refractivity contribution >= 4 is 34.9 Å². The summed E-state index contributed by atoms with van der Waals surface area (Å²) in [5, 5.41) is 6.65. The van der Waals surface area contributed by atoms with Crippen LogP contribution in [-0.4, -0.2) is 25.0 Å². The van der Waals surface area contributed by atoms with Gasteiger partial charge in [-0.2, -0.15) is 0 Å². The van der Waals surface area contributed by atoms with Crippen molar-refractivity contribution in [2.24, 2.45) is 0 Å². The molecule has 0 bridgehead atoms. The fourth-order valence-electron chi connectivity index (χ4n) is 2.24. The number of esters is 1. The van der Waals surface area contributed by atoms with Crippen molar-refractivity contribution in [2.75, 3.05) is 23.8 Å². The van der Waals surface area contributed by atoms with Gasteiger partial charge in [0.05, 0.1) is 12.2 Å². The van der Waals surface area contributed by atoms with Crippen LogP contribution >= 0.6 is 11.6 Å². The maximum absolute atomic E-state index is 12.0. The summed E-state index contributed by atoms with van der Waals surface area (Å²) in [5.41, 5.74) is 3.02. The molecule has 0 saturated heterocycles. The van der Waals surface area contributed by atoms with E-state index in [4.69, 9.17) is 16.3 Å². The Hall–Kier alpha value is -2.53. The van der Waals surface area contributed by atoms with Crippen LogP contribution in [0.5, 0.6) is 0 Å². The first-order valence-corrected chi connectivity index (χ1v) is 8.44. The normalized spacial score (nSPS) is 10.2. The van der Waals surface area contributed by atoms with E-state index >= 15 is 0 Å². The molecule has 0 aliphatic rings. The number of carbonyl (C=O) groups excluding carboxylic acids is 2. The predicted octanol–water partition coefficient (Wildman–Crippen LogP) is 4.27. The minimum Gasteiger partial charge on any atom is -0.462 e. The summed E-state index contributed by atoms with van der Waals surface area (Å²) in [7, 11) is 0. The zero-order valence-electron chi connectivity index (χ0n) is 14.3. The second kappa shape index (κ2) is 9.08. The first-order chi connectivity index (χ1) is 12.0. The van der Waals surface area contributed by atoms with Crippen molar-refractivity contribution in [1.82, 2.24) is 0 Å². The number of carbonyl (C=O) groups is 2. The number of hydrogen-bond donors (Lipinski definition) is 2. The molecule has 2 N–H and O–H groups in total. The molecular weight excluding hydrogens is 340 g/mol. The van der Waals surface area contributed by atoms with Gasteiger partial charge in [0.2, 0.25) is 5.91 Å². The first kappa shape index (κ1) is 18.8. The SMILES string of the molecule is CCOC(=O)c1ccc(NCCC(=O)Nc2ccc(Cl)cc2C)cc1. The highest BCUT2D eigenvalue weighted by Gasteiger charge is 2.07. The number of benzene rings is 2. The lowest BCUT2D eigenvalue weighted by molar-refractivity contribution is -0.115. The van der Waals surface area contributed by atoms with E-state index in [-0.39, 0.29) is 11.9 Å². The number of ether oxygens (including phenoxy) is 1. The highest BCUT2D eigenvalue weighted by Crippen LogP contribution is 2.19. The molecule has 0 fully saturated rings. The molecule has 25 heavy (non-hydrogen) atoms. The van der Waals surface area contributed by atoms with E-state index in [2.05, 4.69) is 10.6 Å². The molecule has 0 atom stereocenters. The van der Waals surface area contributed by atoms with Crippen LogP contribution in [0.15, 0.2) is 42.5 Å². The van der Waals surface area contributed by atoms with Gasteiger partial charge in [-0.1, -0.05) is 11.6 Å². The van der Waals surface area contributed by atoms with Gasteiger partial charge >= 0.3 is 5.97 Å². The van der Waals surface area contributed by atoms with Crippen molar-refractivity contribution in [3.8, 4) is 0 Å². The Morgan fingerprint density at radius 3 is 2.48 bits per heavy atom. The summed E-state index contributed by atoms with van der Waals surface area (Å²) in [4.78, 5) is 23.6. The van der Waals surface area contributed by atoms with E-state index in [0.717, 1.165) is 16.9 Å². The molecule has 0 heterocycles. The summed E-state index contributed by atoms with van der Waals surface area (Å²) in [6, 6.07) is 12.3. The minimum absolute atomic E-state index is 0.0823. The molecule has 0 aromatic heterocycles. The largest absolute Gasteiger partial charge is 0.462 e. The van der Waals surface area contributed by atoms with Gasteiger partial charge in [0, 0.05) is 29.4 Å². The number of hydrogen-bond acceptors (Lipinski definition) is 4. The van der Waals surface area contributed by atoms with Crippen LogP contribution in [0.3, 0.4) is 0 Å². The number of nitrogens with one attached hydrogen (secondary N) is 2. The Kier molecular flexibility index (Phi) is 6.83. The summed E-state index contributed by atoms with van der Waals surface area (Å²) < 4.78 is 4.93. The molecule has 2 aromatic rings. The maximum atomic E-state index is 12.0. The Balaban J connectivity index is 1.80. The summed E-state index contributed by atoms with van der Waals surface area (Å²) in [6.07, 6.45) is 0.321. The molecule has 1 amide bonds. The highest BCUT2D eigenvalue weighted by atomic mass is 35.5. The van der Waals surface area contributed by atoms with Crippen molar-refractivity contribution < 1.29 is 14.3 Å². The van der Waals surface area contributed by atoms with Crippen LogP contribution in [-0.2, 0) is 9.53 Å². The van der Waals surface area contributed by atoms with Gasteiger partial charge in [-0.15, -0.1) is 0 Å². The number of amides is 1. The molecule has 6 heteroatoms. The monoisotopic (exact) mass is 360 g/mol. The lowest BCUT2D eigenvalue weighted by Gasteiger charge is -2.10. The van der Waals surface area contributed by atoms with Crippen molar-refractivity contribution in [3.05, 3.63) is 58.6 Å². The standard InChI is InChI=1S/C19H21ClN2O3/c1-3-25-19(24)14-4-7-16(8-5-14)21-11-10-18(23)22-17-9-6-15(20)12-13(17)2/h4-9,12,21H,3,10-11H2,1-2H3,(H,22,23). The number of halogens is 1. The second-order valence-corrected chi connectivity index (χ2v) is 5.92. The third-order valence-electron chi connectivity index (χ3n) is 3.54. The van der Waals surface area contributed by atoms with Gasteiger partial charge in [-0.25, -0.2) is 4.79 Å². The van der Waals surface area contributed by atoms with Crippen LogP contribution < -0.4 is 10.6 Å². The Labute approximate surface area is 152 Å². The molecule has 0 aliphatic heterocycles. The molecule has 0 unspecified atom stereocenters. The van der Waals surface area contributed by atoms with E-state index in [1.165, 1.54) is 0 Å². The van der Waals surface area contributed by atoms with Crippen LogP contribution in [0.4, 0.5) is 11.4 Å². The molecule has 0 aliphatic carbocycles.